The molecule has 0 unspecified atom stereocenters. The van der Waals surface area contributed by atoms with Crippen molar-refractivity contribution < 1.29 is 45.1 Å². The van der Waals surface area contributed by atoms with E-state index in [2.05, 4.69) is 0 Å². The Morgan fingerprint density at radius 2 is 1.06 bits per heavy atom. The molecule has 0 saturated heterocycles. The summed E-state index contributed by atoms with van der Waals surface area (Å²) in [6, 6.07) is 0. The highest BCUT2D eigenvalue weighted by molar-refractivity contribution is 7.52. The van der Waals surface area contributed by atoms with Gasteiger partial charge in [-0.3, -0.25) is 4.57 Å². The van der Waals surface area contributed by atoms with Crippen LogP contribution >= 0.6 is 7.60 Å². The van der Waals surface area contributed by atoms with Crippen LogP contribution in [-0.2, 0) is 10.2 Å². The van der Waals surface area contributed by atoms with Gasteiger partial charge in [-0.2, -0.15) is 8.78 Å². The van der Waals surface area contributed by atoms with Gasteiger partial charge in [-0.25, -0.2) is 22.0 Å². The summed E-state index contributed by atoms with van der Waals surface area (Å²) < 4.78 is 99.7. The molecule has 0 heterocycles. The maximum absolute atomic E-state index is 13.0. The third-order valence-corrected chi connectivity index (χ3v) is 2.83. The summed E-state index contributed by atoms with van der Waals surface area (Å²) in [7, 11) is -6.47. The fourth-order valence-electron chi connectivity index (χ4n) is 1.01. The van der Waals surface area contributed by atoms with Gasteiger partial charge in [0, 0.05) is 0 Å². The molecule has 0 aliphatic heterocycles. The minimum absolute atomic E-state index is 2.71. The lowest BCUT2D eigenvalue weighted by molar-refractivity contribution is 0.0466. The minimum atomic E-state index is -6.47. The molecule has 3 nitrogen and oxygen atoms in total. The van der Waals surface area contributed by atoms with E-state index in [4.69, 9.17) is 9.79 Å². The highest BCUT2D eigenvalue weighted by Crippen LogP contribution is 2.60. The van der Waals surface area contributed by atoms with Crippen LogP contribution in [0.1, 0.15) is 5.56 Å². The molecule has 0 saturated carbocycles. The van der Waals surface area contributed by atoms with E-state index >= 15 is 0 Å². The first-order valence-corrected chi connectivity index (χ1v) is 5.49. The summed E-state index contributed by atoms with van der Waals surface area (Å²) in [6.07, 6.45) is 0. The Kier molecular flexibility index (Phi) is 3.50. The van der Waals surface area contributed by atoms with E-state index in [1.54, 1.807) is 0 Å². The Balaban J connectivity index is 3.78. The van der Waals surface area contributed by atoms with Crippen LogP contribution < -0.4 is 0 Å². The van der Waals surface area contributed by atoms with E-state index in [1.807, 2.05) is 0 Å². The molecule has 18 heavy (non-hydrogen) atoms. The number of alkyl halides is 2. The van der Waals surface area contributed by atoms with E-state index < -0.39 is 47.9 Å². The van der Waals surface area contributed by atoms with Crippen LogP contribution in [0, 0.1) is 29.1 Å². The van der Waals surface area contributed by atoms with Crippen molar-refractivity contribution >= 4 is 7.60 Å². The van der Waals surface area contributed by atoms with Crippen molar-refractivity contribution in [2.45, 2.75) is 5.66 Å². The van der Waals surface area contributed by atoms with Gasteiger partial charge in [-0.05, 0) is 0 Å². The third-order valence-electron chi connectivity index (χ3n) is 1.88. The molecule has 0 aliphatic carbocycles. The van der Waals surface area contributed by atoms with Crippen LogP contribution in [-0.4, -0.2) is 9.79 Å². The van der Waals surface area contributed by atoms with Gasteiger partial charge in [-0.1, -0.05) is 0 Å². The maximum atomic E-state index is 13.0. The zero-order valence-corrected chi connectivity index (χ0v) is 8.79. The molecule has 1 aromatic carbocycles. The first kappa shape index (κ1) is 14.9. The van der Waals surface area contributed by atoms with Crippen molar-refractivity contribution in [2.75, 3.05) is 0 Å². The smallest absolute Gasteiger partial charge is 0.320 e. The van der Waals surface area contributed by atoms with Gasteiger partial charge in [0.25, 0.3) is 0 Å². The molecule has 0 radical (unpaired) electrons. The summed E-state index contributed by atoms with van der Waals surface area (Å²) in [6.45, 7) is 0. The van der Waals surface area contributed by atoms with Gasteiger partial charge in [-0.15, -0.1) is 0 Å². The molecule has 0 fully saturated rings. The van der Waals surface area contributed by atoms with E-state index in [9.17, 15) is 35.3 Å². The summed E-state index contributed by atoms with van der Waals surface area (Å²) in [4.78, 5) is 16.4. The molecule has 0 spiro atoms. The average Bonchev–Trinajstić information content (AvgIpc) is 2.22. The van der Waals surface area contributed by atoms with Crippen LogP contribution in [0.5, 0.6) is 0 Å². The summed E-state index contributed by atoms with van der Waals surface area (Å²) in [5.74, 6) is -14.2. The van der Waals surface area contributed by atoms with Gasteiger partial charge in [0.1, 0.15) is 5.56 Å². The van der Waals surface area contributed by atoms with Crippen molar-refractivity contribution in [3.8, 4) is 0 Å². The van der Waals surface area contributed by atoms with Crippen LogP contribution in [0.3, 0.4) is 0 Å². The quantitative estimate of drug-likeness (QED) is 0.382. The standard InChI is InChI=1S/C7H2F7O3P/c8-2-1(7(13,14)18(15,16)17)3(9)5(11)6(12)4(2)10/h(H2,15,16,17). The molecule has 0 aliphatic rings. The van der Waals surface area contributed by atoms with Gasteiger partial charge < -0.3 is 9.79 Å². The fourth-order valence-corrected chi connectivity index (χ4v) is 1.50. The topological polar surface area (TPSA) is 57.5 Å². The van der Waals surface area contributed by atoms with Crippen LogP contribution in [0.4, 0.5) is 30.7 Å². The predicted octanol–water partition coefficient (Wildman–Crippen LogP) is 2.61. The van der Waals surface area contributed by atoms with Crippen molar-refractivity contribution in [1.82, 2.24) is 0 Å². The Morgan fingerprint density at radius 3 is 1.33 bits per heavy atom. The minimum Gasteiger partial charge on any atom is -0.320 e. The SMILES string of the molecule is O=P(O)(O)C(F)(F)c1c(F)c(F)c(F)c(F)c1F. The second-order valence-corrected chi connectivity index (χ2v) is 4.68. The van der Waals surface area contributed by atoms with Crippen LogP contribution in [0.15, 0.2) is 0 Å². The normalized spacial score (nSPS) is 12.9. The Bertz CT molecular complexity index is 523. The highest BCUT2D eigenvalue weighted by Gasteiger charge is 2.55. The molecule has 0 aromatic heterocycles. The Morgan fingerprint density at radius 1 is 0.778 bits per heavy atom. The lowest BCUT2D eigenvalue weighted by Crippen LogP contribution is -2.21. The van der Waals surface area contributed by atoms with Crippen molar-refractivity contribution in [1.29, 1.82) is 0 Å². The average molecular weight is 298 g/mol. The highest BCUT2D eigenvalue weighted by atomic mass is 31.2. The second-order valence-electron chi connectivity index (χ2n) is 3.03. The molecule has 0 bridgehead atoms. The second kappa shape index (κ2) is 4.22. The molecule has 0 amide bonds. The zero-order valence-electron chi connectivity index (χ0n) is 7.90. The molecule has 2 N–H and O–H groups in total. The number of halogens is 7. The predicted molar refractivity (Wildman–Crippen MR) is 42.2 cm³/mol. The van der Waals surface area contributed by atoms with Crippen molar-refractivity contribution in [2.24, 2.45) is 0 Å². The molecular formula is C7H2F7O3P. The summed E-state index contributed by atoms with van der Waals surface area (Å²) in [5, 5.41) is 0. The number of benzene rings is 1. The number of hydrogen-bond donors (Lipinski definition) is 2. The molecule has 1 rings (SSSR count). The van der Waals surface area contributed by atoms with Crippen molar-refractivity contribution in [3.05, 3.63) is 34.6 Å². The third kappa shape index (κ3) is 2.00. The summed E-state index contributed by atoms with van der Waals surface area (Å²) >= 11 is 0. The van der Waals surface area contributed by atoms with Gasteiger partial charge in [0.15, 0.2) is 23.3 Å². The Hall–Kier alpha value is -1.12. The monoisotopic (exact) mass is 298 g/mol. The van der Waals surface area contributed by atoms with E-state index in [-0.39, 0.29) is 0 Å². The first-order valence-electron chi connectivity index (χ1n) is 3.88. The molecule has 102 valence electrons. The zero-order chi connectivity index (χ0) is 14.5. The fraction of sp³-hybridized carbons (Fsp3) is 0.143. The van der Waals surface area contributed by atoms with Crippen molar-refractivity contribution in [3.63, 3.8) is 0 Å². The largest absolute Gasteiger partial charge is 0.399 e. The van der Waals surface area contributed by atoms with E-state index in [0.717, 1.165) is 0 Å². The van der Waals surface area contributed by atoms with Crippen LogP contribution in [0.25, 0.3) is 0 Å². The van der Waals surface area contributed by atoms with Gasteiger partial charge >= 0.3 is 13.3 Å². The molecular weight excluding hydrogens is 296 g/mol. The van der Waals surface area contributed by atoms with E-state index in [0.29, 0.717) is 0 Å². The first-order chi connectivity index (χ1) is 7.93. The van der Waals surface area contributed by atoms with Crippen LogP contribution in [0.2, 0.25) is 0 Å². The lowest BCUT2D eigenvalue weighted by Gasteiger charge is -2.19. The molecule has 1 aromatic rings. The molecule has 11 heteroatoms. The van der Waals surface area contributed by atoms with Gasteiger partial charge in [0.2, 0.25) is 5.82 Å². The Labute approximate surface area is 94.0 Å². The maximum Gasteiger partial charge on any atom is 0.399 e. The number of rotatable bonds is 2. The summed E-state index contributed by atoms with van der Waals surface area (Å²) in [5.41, 5.74) is -8.41. The molecule has 0 atom stereocenters. The van der Waals surface area contributed by atoms with E-state index in [1.165, 1.54) is 0 Å². The number of hydrogen-bond acceptors (Lipinski definition) is 1. The lowest BCUT2D eigenvalue weighted by atomic mass is 10.1. The van der Waals surface area contributed by atoms with Gasteiger partial charge in [0.05, 0.1) is 0 Å².